The highest BCUT2D eigenvalue weighted by Crippen LogP contribution is 2.62. The Morgan fingerprint density at radius 3 is 2.92 bits per heavy atom. The summed E-state index contributed by atoms with van der Waals surface area (Å²) in [6.07, 6.45) is 0. The molecule has 0 saturated heterocycles. The number of thiophene rings is 1. The van der Waals surface area contributed by atoms with Gasteiger partial charge in [0.05, 0.1) is 10.5 Å². The van der Waals surface area contributed by atoms with Crippen LogP contribution in [0.1, 0.15) is 10.1 Å². The SMILES string of the molecule is BrC1=CSC2c3scc(Br)c3SC12. The monoisotopic (exact) mass is 354 g/mol. The Hall–Kier alpha value is 1.10. The third-order valence-electron chi connectivity index (χ3n) is 2.11. The summed E-state index contributed by atoms with van der Waals surface area (Å²) in [6.45, 7) is 0. The Kier molecular flexibility index (Phi) is 2.37. The molecule has 2 atom stereocenters. The van der Waals surface area contributed by atoms with Gasteiger partial charge in [-0.15, -0.1) is 34.9 Å². The lowest BCUT2D eigenvalue weighted by atomic mass is 10.2. The maximum atomic E-state index is 3.62. The van der Waals surface area contributed by atoms with Crippen LogP contribution in [0.4, 0.5) is 0 Å². The molecule has 13 heavy (non-hydrogen) atoms. The Morgan fingerprint density at radius 1 is 1.23 bits per heavy atom. The normalized spacial score (nSPS) is 30.2. The van der Waals surface area contributed by atoms with Crippen LogP contribution in [0.25, 0.3) is 0 Å². The Labute approximate surface area is 106 Å². The molecule has 0 aromatic carbocycles. The number of halogens is 2. The van der Waals surface area contributed by atoms with Crippen molar-refractivity contribution in [2.24, 2.45) is 0 Å². The average Bonchev–Trinajstić information content (AvgIpc) is 2.70. The molecule has 0 fully saturated rings. The molecule has 0 saturated carbocycles. The topological polar surface area (TPSA) is 0 Å². The van der Waals surface area contributed by atoms with Crippen LogP contribution in [0.5, 0.6) is 0 Å². The van der Waals surface area contributed by atoms with Gasteiger partial charge in [-0.2, -0.15) is 0 Å². The van der Waals surface area contributed by atoms with Crippen LogP contribution < -0.4 is 0 Å². The first kappa shape index (κ1) is 9.33. The molecule has 3 rings (SSSR count). The number of rotatable bonds is 0. The Morgan fingerprint density at radius 2 is 2.08 bits per heavy atom. The van der Waals surface area contributed by atoms with Crippen molar-refractivity contribution in [2.45, 2.75) is 15.4 Å². The highest BCUT2D eigenvalue weighted by Gasteiger charge is 2.40. The van der Waals surface area contributed by atoms with Gasteiger partial charge in [-0.25, -0.2) is 0 Å². The van der Waals surface area contributed by atoms with Crippen LogP contribution >= 0.6 is 66.7 Å². The van der Waals surface area contributed by atoms with Gasteiger partial charge in [0.2, 0.25) is 0 Å². The van der Waals surface area contributed by atoms with E-state index in [4.69, 9.17) is 0 Å². The van der Waals surface area contributed by atoms with Crippen molar-refractivity contribution in [3.05, 3.63) is 24.6 Å². The van der Waals surface area contributed by atoms with Crippen molar-refractivity contribution in [3.8, 4) is 0 Å². The van der Waals surface area contributed by atoms with E-state index in [1.807, 2.05) is 34.9 Å². The molecule has 2 aliphatic rings. The predicted molar refractivity (Wildman–Crippen MR) is 69.0 cm³/mol. The van der Waals surface area contributed by atoms with Crippen LogP contribution in [-0.2, 0) is 0 Å². The first-order chi connectivity index (χ1) is 6.27. The molecule has 2 aliphatic heterocycles. The van der Waals surface area contributed by atoms with E-state index in [0.29, 0.717) is 10.5 Å². The van der Waals surface area contributed by atoms with Crippen molar-refractivity contribution in [1.29, 1.82) is 0 Å². The molecule has 5 heteroatoms. The molecule has 68 valence electrons. The van der Waals surface area contributed by atoms with E-state index in [-0.39, 0.29) is 0 Å². The van der Waals surface area contributed by atoms with Gasteiger partial charge in [-0.3, -0.25) is 0 Å². The number of fused-ring (bicyclic) bond motifs is 3. The van der Waals surface area contributed by atoms with Crippen LogP contribution in [0.3, 0.4) is 0 Å². The summed E-state index contributed by atoms with van der Waals surface area (Å²) in [7, 11) is 0. The predicted octanol–water partition coefficient (Wildman–Crippen LogP) is 5.01. The highest BCUT2D eigenvalue weighted by molar-refractivity contribution is 9.12. The highest BCUT2D eigenvalue weighted by atomic mass is 79.9. The fourth-order valence-electron chi connectivity index (χ4n) is 1.52. The third kappa shape index (κ3) is 1.31. The number of hydrogen-bond donors (Lipinski definition) is 0. The summed E-state index contributed by atoms with van der Waals surface area (Å²) >= 11 is 13.0. The average molecular weight is 356 g/mol. The first-order valence-corrected chi connectivity index (χ1v) is 8.01. The van der Waals surface area contributed by atoms with Gasteiger partial charge in [-0.1, -0.05) is 15.9 Å². The summed E-state index contributed by atoms with van der Waals surface area (Å²) < 4.78 is 2.62. The summed E-state index contributed by atoms with van der Waals surface area (Å²) in [4.78, 5) is 3.00. The molecule has 0 nitrogen and oxygen atoms in total. The summed E-state index contributed by atoms with van der Waals surface area (Å²) in [5.41, 5.74) is 0. The second-order valence-corrected chi connectivity index (χ2v) is 7.72. The summed E-state index contributed by atoms with van der Waals surface area (Å²) in [5.74, 6) is 0. The van der Waals surface area contributed by atoms with E-state index < -0.39 is 0 Å². The molecule has 0 amide bonds. The molecular weight excluding hydrogens is 352 g/mol. The fraction of sp³-hybridized carbons (Fsp3) is 0.250. The first-order valence-electron chi connectivity index (χ1n) is 3.72. The van der Waals surface area contributed by atoms with Gasteiger partial charge in [-0.05, 0) is 21.3 Å². The summed E-state index contributed by atoms with van der Waals surface area (Å²) in [6, 6.07) is 0. The lowest BCUT2D eigenvalue weighted by molar-refractivity contribution is 1.04. The van der Waals surface area contributed by atoms with Gasteiger partial charge in [0.25, 0.3) is 0 Å². The lowest BCUT2D eigenvalue weighted by Gasteiger charge is -2.07. The van der Waals surface area contributed by atoms with Crippen molar-refractivity contribution >= 4 is 66.7 Å². The maximum Gasteiger partial charge on any atom is 0.0612 e. The smallest absolute Gasteiger partial charge is 0.0612 e. The molecular formula is C8H4Br2S3. The van der Waals surface area contributed by atoms with Gasteiger partial charge >= 0.3 is 0 Å². The second kappa shape index (κ2) is 3.30. The van der Waals surface area contributed by atoms with E-state index >= 15 is 0 Å². The molecule has 0 N–H and O–H groups in total. The molecule has 0 aliphatic carbocycles. The van der Waals surface area contributed by atoms with E-state index in [1.165, 1.54) is 18.7 Å². The minimum absolute atomic E-state index is 0.628. The minimum atomic E-state index is 0.628. The number of thioether (sulfide) groups is 2. The standard InChI is InChI=1S/C8H4Br2S3/c9-3-1-11-7-5(3)13-6-4(10)2-12-8(6)7/h1-2,5,7H. The van der Waals surface area contributed by atoms with Crippen molar-refractivity contribution in [1.82, 2.24) is 0 Å². The Bertz CT molecular complexity index is 396. The van der Waals surface area contributed by atoms with E-state index in [0.717, 1.165) is 0 Å². The van der Waals surface area contributed by atoms with Crippen molar-refractivity contribution < 1.29 is 0 Å². The fourth-order valence-corrected chi connectivity index (χ4v) is 7.67. The molecule has 1 aromatic heterocycles. The van der Waals surface area contributed by atoms with Gasteiger partial charge in [0.1, 0.15) is 0 Å². The molecule has 0 bridgehead atoms. The zero-order chi connectivity index (χ0) is 9.00. The minimum Gasteiger partial charge on any atom is -0.145 e. The van der Waals surface area contributed by atoms with Crippen LogP contribution in [0.2, 0.25) is 0 Å². The van der Waals surface area contributed by atoms with E-state index in [2.05, 4.69) is 42.6 Å². The van der Waals surface area contributed by atoms with Gasteiger partial charge in [0, 0.05) is 24.1 Å². The molecule has 3 heterocycles. The quantitative estimate of drug-likeness (QED) is 0.641. The van der Waals surface area contributed by atoms with E-state index in [9.17, 15) is 0 Å². The van der Waals surface area contributed by atoms with Crippen molar-refractivity contribution in [3.63, 3.8) is 0 Å². The van der Waals surface area contributed by atoms with E-state index in [1.54, 1.807) is 0 Å². The lowest BCUT2D eigenvalue weighted by Crippen LogP contribution is -1.99. The van der Waals surface area contributed by atoms with Gasteiger partial charge in [0.15, 0.2) is 0 Å². The molecule has 0 radical (unpaired) electrons. The second-order valence-electron chi connectivity index (χ2n) is 2.87. The van der Waals surface area contributed by atoms with Crippen molar-refractivity contribution in [2.75, 3.05) is 0 Å². The van der Waals surface area contributed by atoms with Crippen LogP contribution in [0.15, 0.2) is 24.6 Å². The zero-order valence-corrected chi connectivity index (χ0v) is 11.9. The Balaban J connectivity index is 2.08. The summed E-state index contributed by atoms with van der Waals surface area (Å²) in [5, 5.41) is 5.72. The number of hydrogen-bond acceptors (Lipinski definition) is 3. The zero-order valence-electron chi connectivity index (χ0n) is 6.29. The molecule has 0 spiro atoms. The third-order valence-corrected chi connectivity index (χ3v) is 8.79. The molecule has 2 unspecified atom stereocenters. The van der Waals surface area contributed by atoms with Crippen LogP contribution in [-0.4, -0.2) is 5.25 Å². The van der Waals surface area contributed by atoms with Gasteiger partial charge < -0.3 is 0 Å². The van der Waals surface area contributed by atoms with Crippen LogP contribution in [0, 0.1) is 0 Å². The largest absolute Gasteiger partial charge is 0.145 e. The maximum absolute atomic E-state index is 3.62. The molecule has 1 aromatic rings.